The van der Waals surface area contributed by atoms with Gasteiger partial charge in [-0.15, -0.1) is 0 Å². The molecule has 0 aliphatic carbocycles. The van der Waals surface area contributed by atoms with E-state index in [1.54, 1.807) is 14.2 Å². The normalized spacial score (nSPS) is 10.2. The van der Waals surface area contributed by atoms with E-state index in [4.69, 9.17) is 15.2 Å². The minimum atomic E-state index is 0.732. The number of nitrogen functional groups attached to an aromatic ring is 1. The number of ether oxygens (including phenoxy) is 2. The van der Waals surface area contributed by atoms with Crippen LogP contribution in [0, 0.1) is 6.92 Å². The van der Waals surface area contributed by atoms with E-state index in [-0.39, 0.29) is 0 Å². The third-order valence-corrected chi connectivity index (χ3v) is 3.64. The van der Waals surface area contributed by atoms with Gasteiger partial charge in [-0.3, -0.25) is 0 Å². The summed E-state index contributed by atoms with van der Waals surface area (Å²) in [6.07, 6.45) is 0. The molecule has 106 valence electrons. The fraction of sp³-hybridized carbons (Fsp3) is 0.200. The molecule has 0 unspecified atom stereocenters. The predicted molar refractivity (Wildman–Crippen MR) is 86.1 cm³/mol. The molecule has 0 amide bonds. The second-order valence-corrected chi connectivity index (χ2v) is 5.27. The summed E-state index contributed by atoms with van der Waals surface area (Å²) in [6.45, 7) is 1.97. The Morgan fingerprint density at radius 2 is 1.60 bits per heavy atom. The van der Waals surface area contributed by atoms with Gasteiger partial charge in [0.05, 0.1) is 19.9 Å². The van der Waals surface area contributed by atoms with E-state index >= 15 is 0 Å². The van der Waals surface area contributed by atoms with Crippen molar-refractivity contribution in [2.24, 2.45) is 0 Å². The quantitative estimate of drug-likeness (QED) is 0.825. The highest BCUT2D eigenvalue weighted by molar-refractivity contribution is 9.10. The Kier molecular flexibility index (Phi) is 4.39. The van der Waals surface area contributed by atoms with Crippen LogP contribution in [0.3, 0.4) is 0 Å². The van der Waals surface area contributed by atoms with Gasteiger partial charge in [-0.25, -0.2) is 0 Å². The minimum absolute atomic E-state index is 0.732. The third-order valence-electron chi connectivity index (χ3n) is 2.99. The van der Waals surface area contributed by atoms with Gasteiger partial charge in [-0.1, -0.05) is 0 Å². The zero-order valence-corrected chi connectivity index (χ0v) is 13.2. The zero-order valence-electron chi connectivity index (χ0n) is 11.7. The first-order valence-corrected chi connectivity index (χ1v) is 6.88. The van der Waals surface area contributed by atoms with Gasteiger partial charge >= 0.3 is 0 Å². The molecule has 0 spiro atoms. The number of benzene rings is 2. The molecule has 0 fully saturated rings. The number of hydrogen-bond acceptors (Lipinski definition) is 4. The number of anilines is 3. The summed E-state index contributed by atoms with van der Waals surface area (Å²) in [5.74, 6) is 1.46. The molecular formula is C15H17BrN2O2. The molecule has 5 heteroatoms. The first-order valence-electron chi connectivity index (χ1n) is 6.09. The minimum Gasteiger partial charge on any atom is -0.497 e. The Labute approximate surface area is 127 Å². The van der Waals surface area contributed by atoms with Crippen LogP contribution in [0.5, 0.6) is 11.5 Å². The summed E-state index contributed by atoms with van der Waals surface area (Å²) in [5, 5.41) is 3.33. The van der Waals surface area contributed by atoms with Crippen molar-refractivity contribution in [1.82, 2.24) is 0 Å². The van der Waals surface area contributed by atoms with Crippen molar-refractivity contribution in [3.63, 3.8) is 0 Å². The van der Waals surface area contributed by atoms with Crippen molar-refractivity contribution in [1.29, 1.82) is 0 Å². The topological polar surface area (TPSA) is 56.5 Å². The molecule has 0 saturated carbocycles. The van der Waals surface area contributed by atoms with Crippen molar-refractivity contribution in [3.05, 3.63) is 40.4 Å². The highest BCUT2D eigenvalue weighted by Gasteiger charge is 2.06. The maximum atomic E-state index is 5.88. The lowest BCUT2D eigenvalue weighted by Crippen LogP contribution is -1.97. The van der Waals surface area contributed by atoms with E-state index in [1.165, 1.54) is 0 Å². The van der Waals surface area contributed by atoms with Crippen LogP contribution in [0.1, 0.15) is 5.56 Å². The average molecular weight is 337 g/mol. The Morgan fingerprint density at radius 3 is 2.15 bits per heavy atom. The van der Waals surface area contributed by atoms with E-state index in [0.29, 0.717) is 0 Å². The first kappa shape index (κ1) is 14.5. The summed E-state index contributed by atoms with van der Waals surface area (Å²) in [7, 11) is 3.25. The smallest absolute Gasteiger partial charge is 0.124 e. The number of rotatable bonds is 4. The van der Waals surface area contributed by atoms with Gasteiger partial charge < -0.3 is 20.5 Å². The predicted octanol–water partition coefficient (Wildman–Crippen LogP) is 4.10. The fourth-order valence-electron chi connectivity index (χ4n) is 1.83. The maximum Gasteiger partial charge on any atom is 0.124 e. The fourth-order valence-corrected chi connectivity index (χ4v) is 2.29. The average Bonchev–Trinajstić information content (AvgIpc) is 2.44. The van der Waals surface area contributed by atoms with Crippen molar-refractivity contribution in [2.45, 2.75) is 6.92 Å². The SMILES string of the molecule is COc1cc(Nc2cc(C)c(N)cc2Br)cc(OC)c1. The van der Waals surface area contributed by atoms with Gasteiger partial charge in [0, 0.05) is 34.0 Å². The lowest BCUT2D eigenvalue weighted by Gasteiger charge is -2.13. The highest BCUT2D eigenvalue weighted by atomic mass is 79.9. The molecule has 0 bridgehead atoms. The Balaban J connectivity index is 2.36. The summed E-state index contributed by atoms with van der Waals surface area (Å²) in [4.78, 5) is 0. The molecule has 3 N–H and O–H groups in total. The second-order valence-electron chi connectivity index (χ2n) is 4.41. The van der Waals surface area contributed by atoms with E-state index in [1.807, 2.05) is 37.3 Å². The van der Waals surface area contributed by atoms with Crippen molar-refractivity contribution in [2.75, 3.05) is 25.3 Å². The molecule has 2 rings (SSSR count). The van der Waals surface area contributed by atoms with E-state index in [9.17, 15) is 0 Å². The van der Waals surface area contributed by atoms with E-state index in [0.717, 1.165) is 38.6 Å². The molecule has 0 atom stereocenters. The maximum absolute atomic E-state index is 5.88. The van der Waals surface area contributed by atoms with Crippen molar-refractivity contribution in [3.8, 4) is 11.5 Å². The van der Waals surface area contributed by atoms with E-state index < -0.39 is 0 Å². The number of halogens is 1. The van der Waals surface area contributed by atoms with Gasteiger partial charge in [-0.05, 0) is 40.5 Å². The lowest BCUT2D eigenvalue weighted by atomic mass is 10.1. The Morgan fingerprint density at radius 1 is 1.00 bits per heavy atom. The number of aryl methyl sites for hydroxylation is 1. The summed E-state index contributed by atoms with van der Waals surface area (Å²) >= 11 is 3.50. The second kappa shape index (κ2) is 6.05. The molecule has 0 radical (unpaired) electrons. The van der Waals surface area contributed by atoms with Gasteiger partial charge in [0.15, 0.2) is 0 Å². The molecule has 0 saturated heterocycles. The number of nitrogens with one attached hydrogen (secondary N) is 1. The molecule has 2 aromatic rings. The zero-order chi connectivity index (χ0) is 14.7. The summed E-state index contributed by atoms with van der Waals surface area (Å²) < 4.78 is 11.4. The molecule has 0 heterocycles. The van der Waals surface area contributed by atoms with Crippen LogP contribution in [-0.2, 0) is 0 Å². The standard InChI is InChI=1S/C15H17BrN2O2/c1-9-4-15(13(16)8-14(9)17)18-10-5-11(19-2)7-12(6-10)20-3/h4-8,18H,17H2,1-3H3. The Bertz CT molecular complexity index is 607. The molecule has 0 aliphatic heterocycles. The van der Waals surface area contributed by atoms with Crippen molar-refractivity contribution >= 4 is 33.0 Å². The number of nitrogens with two attached hydrogens (primary N) is 1. The van der Waals surface area contributed by atoms with Crippen LogP contribution in [0.15, 0.2) is 34.8 Å². The molecule has 20 heavy (non-hydrogen) atoms. The third kappa shape index (κ3) is 3.17. The summed E-state index contributed by atoms with van der Waals surface area (Å²) in [5.41, 5.74) is 9.47. The van der Waals surface area contributed by atoms with Gasteiger partial charge in [0.1, 0.15) is 11.5 Å². The van der Waals surface area contributed by atoms with E-state index in [2.05, 4.69) is 21.2 Å². The van der Waals surface area contributed by atoms with Gasteiger partial charge in [0.25, 0.3) is 0 Å². The van der Waals surface area contributed by atoms with Gasteiger partial charge in [0.2, 0.25) is 0 Å². The molecule has 2 aromatic carbocycles. The molecule has 0 aromatic heterocycles. The van der Waals surface area contributed by atoms with Crippen LogP contribution in [0.4, 0.5) is 17.1 Å². The van der Waals surface area contributed by atoms with Crippen LogP contribution in [0.2, 0.25) is 0 Å². The molecule has 4 nitrogen and oxygen atoms in total. The van der Waals surface area contributed by atoms with Crippen LogP contribution >= 0.6 is 15.9 Å². The van der Waals surface area contributed by atoms with Crippen LogP contribution in [-0.4, -0.2) is 14.2 Å². The van der Waals surface area contributed by atoms with Crippen LogP contribution in [0.25, 0.3) is 0 Å². The first-order chi connectivity index (χ1) is 9.53. The largest absolute Gasteiger partial charge is 0.497 e. The number of hydrogen-bond donors (Lipinski definition) is 2. The monoisotopic (exact) mass is 336 g/mol. The van der Waals surface area contributed by atoms with Crippen molar-refractivity contribution < 1.29 is 9.47 Å². The molecule has 0 aliphatic rings. The van der Waals surface area contributed by atoms with Gasteiger partial charge in [-0.2, -0.15) is 0 Å². The number of methoxy groups -OCH3 is 2. The summed E-state index contributed by atoms with van der Waals surface area (Å²) in [6, 6.07) is 9.51. The Hall–Kier alpha value is -1.88. The molecular weight excluding hydrogens is 320 g/mol. The van der Waals surface area contributed by atoms with Crippen LogP contribution < -0.4 is 20.5 Å². The lowest BCUT2D eigenvalue weighted by molar-refractivity contribution is 0.395. The highest BCUT2D eigenvalue weighted by Crippen LogP contribution is 2.33.